The summed E-state index contributed by atoms with van der Waals surface area (Å²) in [5.74, 6) is 0.589. The second-order valence-corrected chi connectivity index (χ2v) is 9.12. The van der Waals surface area contributed by atoms with Gasteiger partial charge in [0.05, 0.1) is 12.5 Å². The van der Waals surface area contributed by atoms with E-state index in [4.69, 9.17) is 9.47 Å². The van der Waals surface area contributed by atoms with Gasteiger partial charge in [-0.25, -0.2) is 4.79 Å². The fraction of sp³-hybridized carbons (Fsp3) is 0.440. The minimum absolute atomic E-state index is 0.0692. The number of aromatic hydroxyl groups is 1. The highest BCUT2D eigenvalue weighted by molar-refractivity contribution is 5.80. The molecule has 172 valence electrons. The molecule has 0 bridgehead atoms. The molecule has 7 nitrogen and oxygen atoms in total. The monoisotopic (exact) mass is 440 g/mol. The van der Waals surface area contributed by atoms with Crippen LogP contribution in [-0.2, 0) is 22.6 Å². The van der Waals surface area contributed by atoms with Crippen LogP contribution >= 0.6 is 0 Å². The van der Waals surface area contributed by atoms with Crippen molar-refractivity contribution >= 4 is 12.0 Å². The standard InChI is InChI=1S/C25H32N2O5/c1-25(2,3)32-24(30)26(4)20-12-13-27(16-20)23(29)15-19-14-21(28)10-11-22(19)31-17-18-8-6-5-7-9-18/h5-11,14,20,28H,12-13,15-17H2,1-4H3/t20-/m0/s1. The number of likely N-dealkylation sites (tertiary alicyclic amines) is 1. The van der Waals surface area contributed by atoms with Crippen molar-refractivity contribution in [3.05, 3.63) is 59.7 Å². The van der Waals surface area contributed by atoms with E-state index in [0.717, 1.165) is 5.56 Å². The molecule has 0 spiro atoms. The predicted octanol–water partition coefficient (Wildman–Crippen LogP) is 3.98. The van der Waals surface area contributed by atoms with Gasteiger partial charge in [-0.2, -0.15) is 0 Å². The molecule has 3 rings (SSSR count). The van der Waals surface area contributed by atoms with Crippen LogP contribution in [0.15, 0.2) is 48.5 Å². The van der Waals surface area contributed by atoms with Crippen LogP contribution in [0.5, 0.6) is 11.5 Å². The lowest BCUT2D eigenvalue weighted by Crippen LogP contribution is -2.42. The van der Waals surface area contributed by atoms with Crippen LogP contribution in [0.1, 0.15) is 38.3 Å². The summed E-state index contributed by atoms with van der Waals surface area (Å²) in [7, 11) is 1.71. The van der Waals surface area contributed by atoms with Gasteiger partial charge in [0.1, 0.15) is 23.7 Å². The predicted molar refractivity (Wildman–Crippen MR) is 122 cm³/mol. The van der Waals surface area contributed by atoms with Crippen molar-refractivity contribution in [3.8, 4) is 11.5 Å². The van der Waals surface area contributed by atoms with E-state index in [-0.39, 0.29) is 30.2 Å². The molecule has 1 aliphatic rings. The lowest BCUT2D eigenvalue weighted by atomic mass is 10.1. The first-order valence-electron chi connectivity index (χ1n) is 10.8. The maximum atomic E-state index is 13.0. The first-order valence-corrected chi connectivity index (χ1v) is 10.8. The Bertz CT molecular complexity index is 939. The van der Waals surface area contributed by atoms with Crippen molar-refractivity contribution in [3.63, 3.8) is 0 Å². The van der Waals surface area contributed by atoms with Gasteiger partial charge in [-0.3, -0.25) is 4.79 Å². The van der Waals surface area contributed by atoms with Crippen LogP contribution in [-0.4, -0.2) is 58.7 Å². The summed E-state index contributed by atoms with van der Waals surface area (Å²) in [4.78, 5) is 28.6. The summed E-state index contributed by atoms with van der Waals surface area (Å²) in [6, 6.07) is 14.5. The second kappa shape index (κ2) is 9.94. The number of likely N-dealkylation sites (N-methyl/N-ethyl adjacent to an activating group) is 1. The Kier molecular flexibility index (Phi) is 7.28. The lowest BCUT2D eigenvalue weighted by molar-refractivity contribution is -0.129. The first kappa shape index (κ1) is 23.4. The number of nitrogens with zero attached hydrogens (tertiary/aromatic N) is 2. The maximum absolute atomic E-state index is 13.0. The van der Waals surface area contributed by atoms with Crippen LogP contribution in [0.2, 0.25) is 0 Å². The zero-order valence-corrected chi connectivity index (χ0v) is 19.2. The Balaban J connectivity index is 1.61. The highest BCUT2D eigenvalue weighted by Crippen LogP contribution is 2.26. The van der Waals surface area contributed by atoms with Crippen molar-refractivity contribution in [2.24, 2.45) is 0 Å². The maximum Gasteiger partial charge on any atom is 0.410 e. The van der Waals surface area contributed by atoms with Gasteiger partial charge in [0.2, 0.25) is 5.91 Å². The van der Waals surface area contributed by atoms with Gasteiger partial charge in [0.15, 0.2) is 0 Å². The molecule has 0 aromatic heterocycles. The van der Waals surface area contributed by atoms with E-state index in [1.165, 1.54) is 0 Å². The first-order chi connectivity index (χ1) is 15.1. The molecule has 1 heterocycles. The second-order valence-electron chi connectivity index (χ2n) is 9.12. The molecule has 1 N–H and O–H groups in total. The molecular formula is C25H32N2O5. The number of amides is 2. The van der Waals surface area contributed by atoms with Crippen LogP contribution in [0.4, 0.5) is 4.79 Å². The van der Waals surface area contributed by atoms with E-state index in [2.05, 4.69) is 0 Å². The molecule has 1 fully saturated rings. The molecule has 2 aromatic carbocycles. The summed E-state index contributed by atoms with van der Waals surface area (Å²) in [6.45, 7) is 6.88. The number of hydrogen-bond donors (Lipinski definition) is 1. The van der Waals surface area contributed by atoms with Crippen molar-refractivity contribution in [2.75, 3.05) is 20.1 Å². The highest BCUT2D eigenvalue weighted by atomic mass is 16.6. The largest absolute Gasteiger partial charge is 0.508 e. The molecule has 2 amide bonds. The lowest BCUT2D eigenvalue weighted by Gasteiger charge is -2.28. The van der Waals surface area contributed by atoms with E-state index in [1.54, 1.807) is 35.0 Å². The number of hydrogen-bond acceptors (Lipinski definition) is 5. The average Bonchev–Trinajstić information content (AvgIpc) is 3.22. The molecule has 1 aliphatic heterocycles. The summed E-state index contributed by atoms with van der Waals surface area (Å²) in [6.07, 6.45) is 0.418. The van der Waals surface area contributed by atoms with Crippen LogP contribution in [0.25, 0.3) is 0 Å². The van der Waals surface area contributed by atoms with E-state index in [1.807, 2.05) is 51.1 Å². The number of rotatable bonds is 6. The van der Waals surface area contributed by atoms with E-state index >= 15 is 0 Å². The smallest absolute Gasteiger partial charge is 0.410 e. The third-order valence-corrected chi connectivity index (χ3v) is 5.37. The molecule has 0 saturated carbocycles. The summed E-state index contributed by atoms with van der Waals surface area (Å²) in [5.41, 5.74) is 1.09. The molecule has 1 saturated heterocycles. The summed E-state index contributed by atoms with van der Waals surface area (Å²) >= 11 is 0. The molecular weight excluding hydrogens is 408 g/mol. The number of phenolic OH excluding ortho intramolecular Hbond substituents is 1. The number of phenols is 1. The Morgan fingerprint density at radius 1 is 1.16 bits per heavy atom. The SMILES string of the molecule is CN(C(=O)OC(C)(C)C)[C@H]1CCN(C(=O)Cc2cc(O)ccc2OCc2ccccc2)C1. The quantitative estimate of drug-likeness (QED) is 0.735. The Labute approximate surface area is 189 Å². The molecule has 1 atom stereocenters. The number of ether oxygens (including phenoxy) is 2. The number of benzene rings is 2. The number of carbonyl (C=O) groups excluding carboxylic acids is 2. The fourth-order valence-electron chi connectivity index (χ4n) is 3.62. The van der Waals surface area contributed by atoms with Gasteiger partial charge in [0.25, 0.3) is 0 Å². The van der Waals surface area contributed by atoms with Crippen molar-refractivity contribution < 1.29 is 24.2 Å². The van der Waals surface area contributed by atoms with Crippen molar-refractivity contribution in [2.45, 2.75) is 51.9 Å². The van der Waals surface area contributed by atoms with Gasteiger partial charge in [-0.1, -0.05) is 30.3 Å². The normalized spacial score (nSPS) is 16.0. The van der Waals surface area contributed by atoms with E-state index < -0.39 is 5.60 Å². The third kappa shape index (κ3) is 6.39. The molecule has 0 radical (unpaired) electrons. The molecule has 7 heteroatoms. The Hall–Kier alpha value is -3.22. The van der Waals surface area contributed by atoms with Gasteiger partial charge < -0.3 is 24.4 Å². The zero-order valence-electron chi connectivity index (χ0n) is 19.2. The summed E-state index contributed by atoms with van der Waals surface area (Å²) in [5, 5.41) is 9.93. The van der Waals surface area contributed by atoms with Gasteiger partial charge in [-0.05, 0) is 51.0 Å². The fourth-order valence-corrected chi connectivity index (χ4v) is 3.62. The van der Waals surface area contributed by atoms with Gasteiger partial charge in [0, 0.05) is 25.7 Å². The number of carbonyl (C=O) groups is 2. The Morgan fingerprint density at radius 2 is 1.88 bits per heavy atom. The van der Waals surface area contributed by atoms with Crippen molar-refractivity contribution in [1.29, 1.82) is 0 Å². The zero-order chi connectivity index (χ0) is 23.3. The molecule has 0 unspecified atom stereocenters. The third-order valence-electron chi connectivity index (χ3n) is 5.37. The molecule has 0 aliphatic carbocycles. The topological polar surface area (TPSA) is 79.3 Å². The van der Waals surface area contributed by atoms with Gasteiger partial charge in [-0.15, -0.1) is 0 Å². The highest BCUT2D eigenvalue weighted by Gasteiger charge is 2.33. The van der Waals surface area contributed by atoms with Crippen LogP contribution in [0.3, 0.4) is 0 Å². The average molecular weight is 441 g/mol. The molecule has 32 heavy (non-hydrogen) atoms. The minimum atomic E-state index is -0.565. The Morgan fingerprint density at radius 3 is 2.56 bits per heavy atom. The van der Waals surface area contributed by atoms with E-state index in [0.29, 0.717) is 37.4 Å². The molecule has 2 aromatic rings. The minimum Gasteiger partial charge on any atom is -0.508 e. The van der Waals surface area contributed by atoms with Crippen LogP contribution in [0, 0.1) is 0 Å². The summed E-state index contributed by atoms with van der Waals surface area (Å²) < 4.78 is 11.4. The van der Waals surface area contributed by atoms with Gasteiger partial charge >= 0.3 is 6.09 Å². The van der Waals surface area contributed by atoms with Crippen LogP contribution < -0.4 is 4.74 Å². The van der Waals surface area contributed by atoms with E-state index in [9.17, 15) is 14.7 Å². The van der Waals surface area contributed by atoms with Crippen molar-refractivity contribution in [1.82, 2.24) is 9.80 Å².